The number of nitrogens with zero attached hydrogens (tertiary/aromatic N) is 3. The van der Waals surface area contributed by atoms with Gasteiger partial charge < -0.3 is 14.2 Å². The third kappa shape index (κ3) is 2.13. The maximum absolute atomic E-state index is 9.90. The number of fused-ring (bicyclic) bond motifs is 1. The molecule has 0 radical (unpaired) electrons. The van der Waals surface area contributed by atoms with E-state index in [9.17, 15) is 5.11 Å². The lowest BCUT2D eigenvalue weighted by molar-refractivity contribution is 0.157. The summed E-state index contributed by atoms with van der Waals surface area (Å²) in [5.74, 6) is 0. The van der Waals surface area contributed by atoms with Crippen LogP contribution >= 0.6 is 0 Å². The van der Waals surface area contributed by atoms with Gasteiger partial charge in [-0.3, -0.25) is 0 Å². The van der Waals surface area contributed by atoms with Crippen LogP contribution in [0, 0.1) is 0 Å². The maximum atomic E-state index is 9.90. The van der Waals surface area contributed by atoms with Gasteiger partial charge in [-0.05, 0) is 24.8 Å². The molecule has 3 rings (SSSR count). The number of hydrogen-bond donors (Lipinski definition) is 1. The standard InChI is InChI=1S/C13H17N3O/c17-13-3-1-2-11-8-16(9-12(11)13)7-6-15-5-4-14-10-15/h4-5,8-10,13,17H,1-3,6-7H2. The fourth-order valence-corrected chi connectivity index (χ4v) is 2.50. The van der Waals surface area contributed by atoms with E-state index in [0.29, 0.717) is 0 Å². The molecular formula is C13H17N3O. The molecule has 0 saturated carbocycles. The lowest BCUT2D eigenvalue weighted by Gasteiger charge is -2.16. The van der Waals surface area contributed by atoms with Crippen molar-refractivity contribution in [3.05, 3.63) is 42.2 Å². The number of aliphatic hydroxyl groups is 1. The fourth-order valence-electron chi connectivity index (χ4n) is 2.50. The van der Waals surface area contributed by atoms with E-state index in [-0.39, 0.29) is 6.10 Å². The van der Waals surface area contributed by atoms with Crippen LogP contribution in [0.3, 0.4) is 0 Å². The molecule has 4 nitrogen and oxygen atoms in total. The molecule has 1 aliphatic carbocycles. The normalized spacial score (nSPS) is 19.2. The summed E-state index contributed by atoms with van der Waals surface area (Å²) >= 11 is 0. The number of rotatable bonds is 3. The van der Waals surface area contributed by atoms with E-state index in [1.807, 2.05) is 12.5 Å². The average Bonchev–Trinajstić information content (AvgIpc) is 2.95. The molecule has 0 saturated heterocycles. The van der Waals surface area contributed by atoms with Crippen molar-refractivity contribution in [2.45, 2.75) is 38.5 Å². The number of aliphatic hydroxyl groups excluding tert-OH is 1. The van der Waals surface area contributed by atoms with Crippen molar-refractivity contribution < 1.29 is 5.11 Å². The average molecular weight is 231 g/mol. The van der Waals surface area contributed by atoms with Crippen molar-refractivity contribution in [2.75, 3.05) is 0 Å². The van der Waals surface area contributed by atoms with Crippen molar-refractivity contribution in [3.63, 3.8) is 0 Å². The van der Waals surface area contributed by atoms with Crippen molar-refractivity contribution >= 4 is 0 Å². The maximum Gasteiger partial charge on any atom is 0.0946 e. The minimum atomic E-state index is -0.256. The molecule has 0 amide bonds. The highest BCUT2D eigenvalue weighted by atomic mass is 16.3. The third-order valence-electron chi connectivity index (χ3n) is 3.46. The molecule has 1 aliphatic rings. The molecule has 90 valence electrons. The molecule has 17 heavy (non-hydrogen) atoms. The molecule has 1 N–H and O–H groups in total. The van der Waals surface area contributed by atoms with Crippen LogP contribution in [-0.2, 0) is 19.5 Å². The van der Waals surface area contributed by atoms with Crippen LogP contribution in [0.1, 0.15) is 30.1 Å². The van der Waals surface area contributed by atoms with Gasteiger partial charge in [0.15, 0.2) is 0 Å². The van der Waals surface area contributed by atoms with Gasteiger partial charge in [-0.1, -0.05) is 0 Å². The quantitative estimate of drug-likeness (QED) is 0.874. The summed E-state index contributed by atoms with van der Waals surface area (Å²) in [5.41, 5.74) is 2.44. The van der Waals surface area contributed by atoms with E-state index in [4.69, 9.17) is 0 Å². The summed E-state index contributed by atoms with van der Waals surface area (Å²) in [5, 5.41) is 9.90. The summed E-state index contributed by atoms with van der Waals surface area (Å²) in [6.45, 7) is 1.85. The number of imidazole rings is 1. The molecule has 0 fully saturated rings. The van der Waals surface area contributed by atoms with Crippen molar-refractivity contribution in [1.82, 2.24) is 14.1 Å². The van der Waals surface area contributed by atoms with Crippen molar-refractivity contribution in [2.24, 2.45) is 0 Å². The Morgan fingerprint density at radius 2 is 2.18 bits per heavy atom. The van der Waals surface area contributed by atoms with E-state index in [1.54, 1.807) is 6.20 Å². The summed E-state index contributed by atoms with van der Waals surface area (Å²) < 4.78 is 4.24. The van der Waals surface area contributed by atoms with E-state index >= 15 is 0 Å². The Hall–Kier alpha value is -1.55. The summed E-state index contributed by atoms with van der Waals surface area (Å²) in [6, 6.07) is 0. The Morgan fingerprint density at radius 3 is 2.94 bits per heavy atom. The van der Waals surface area contributed by atoms with Crippen LogP contribution in [0.25, 0.3) is 0 Å². The van der Waals surface area contributed by atoms with Crippen LogP contribution in [0.2, 0.25) is 0 Å². The Labute approximate surface area is 101 Å². The summed E-state index contributed by atoms with van der Waals surface area (Å²) in [7, 11) is 0. The first kappa shape index (κ1) is 10.6. The van der Waals surface area contributed by atoms with Gasteiger partial charge in [0.1, 0.15) is 0 Å². The van der Waals surface area contributed by atoms with Gasteiger partial charge in [0.05, 0.1) is 12.4 Å². The minimum absolute atomic E-state index is 0.256. The van der Waals surface area contributed by atoms with Crippen LogP contribution in [0.15, 0.2) is 31.1 Å². The van der Waals surface area contributed by atoms with E-state index in [1.165, 1.54) is 5.56 Å². The smallest absolute Gasteiger partial charge is 0.0946 e. The van der Waals surface area contributed by atoms with E-state index in [2.05, 4.69) is 26.5 Å². The first-order chi connectivity index (χ1) is 8.33. The molecule has 0 aromatic carbocycles. The zero-order chi connectivity index (χ0) is 11.7. The van der Waals surface area contributed by atoms with Crippen LogP contribution in [-0.4, -0.2) is 19.2 Å². The molecule has 1 atom stereocenters. The SMILES string of the molecule is OC1CCCc2cn(CCn3ccnc3)cc21. The Balaban J connectivity index is 1.72. The lowest BCUT2D eigenvalue weighted by Crippen LogP contribution is -2.05. The van der Waals surface area contributed by atoms with Gasteiger partial charge in [-0.25, -0.2) is 4.98 Å². The summed E-state index contributed by atoms with van der Waals surface area (Å²) in [6.07, 6.45) is 12.7. The minimum Gasteiger partial charge on any atom is -0.388 e. The molecular weight excluding hydrogens is 214 g/mol. The van der Waals surface area contributed by atoms with Crippen molar-refractivity contribution in [3.8, 4) is 0 Å². The van der Waals surface area contributed by atoms with E-state index in [0.717, 1.165) is 37.9 Å². The summed E-state index contributed by atoms with van der Waals surface area (Å²) in [4.78, 5) is 4.03. The van der Waals surface area contributed by atoms with Crippen molar-refractivity contribution in [1.29, 1.82) is 0 Å². The Morgan fingerprint density at radius 1 is 1.29 bits per heavy atom. The highest BCUT2D eigenvalue weighted by Gasteiger charge is 2.19. The van der Waals surface area contributed by atoms with Gasteiger partial charge in [-0.2, -0.15) is 0 Å². The molecule has 1 unspecified atom stereocenters. The monoisotopic (exact) mass is 231 g/mol. The van der Waals surface area contributed by atoms with Crippen LogP contribution < -0.4 is 0 Å². The van der Waals surface area contributed by atoms with Gasteiger partial charge in [-0.15, -0.1) is 0 Å². The lowest BCUT2D eigenvalue weighted by atomic mass is 9.93. The second kappa shape index (κ2) is 4.37. The zero-order valence-corrected chi connectivity index (χ0v) is 9.79. The molecule has 2 heterocycles. The predicted octanol–water partition coefficient (Wildman–Crippen LogP) is 1.75. The van der Waals surface area contributed by atoms with E-state index < -0.39 is 0 Å². The third-order valence-corrected chi connectivity index (χ3v) is 3.46. The second-order valence-corrected chi connectivity index (χ2v) is 4.69. The van der Waals surface area contributed by atoms with Gasteiger partial charge in [0.2, 0.25) is 0 Å². The topological polar surface area (TPSA) is 43.0 Å². The van der Waals surface area contributed by atoms with Crippen LogP contribution in [0.4, 0.5) is 0 Å². The molecule has 0 aliphatic heterocycles. The molecule has 0 bridgehead atoms. The number of aryl methyl sites for hydroxylation is 3. The second-order valence-electron chi connectivity index (χ2n) is 4.69. The number of hydrogen-bond acceptors (Lipinski definition) is 2. The molecule has 4 heteroatoms. The highest BCUT2D eigenvalue weighted by Crippen LogP contribution is 2.30. The van der Waals surface area contributed by atoms with Gasteiger partial charge in [0, 0.05) is 43.4 Å². The highest BCUT2D eigenvalue weighted by molar-refractivity contribution is 5.28. The largest absolute Gasteiger partial charge is 0.388 e. The first-order valence-corrected chi connectivity index (χ1v) is 6.15. The van der Waals surface area contributed by atoms with Crippen LogP contribution in [0.5, 0.6) is 0 Å². The molecule has 2 aromatic heterocycles. The fraction of sp³-hybridized carbons (Fsp3) is 0.462. The molecule has 2 aromatic rings. The first-order valence-electron chi connectivity index (χ1n) is 6.15. The number of aromatic nitrogens is 3. The van der Waals surface area contributed by atoms with Gasteiger partial charge in [0.25, 0.3) is 0 Å². The van der Waals surface area contributed by atoms with Gasteiger partial charge >= 0.3 is 0 Å². The molecule has 0 spiro atoms. The zero-order valence-electron chi connectivity index (χ0n) is 9.79. The Kier molecular flexibility index (Phi) is 2.73. The Bertz CT molecular complexity index is 487. The predicted molar refractivity (Wildman–Crippen MR) is 64.6 cm³/mol.